The zero-order valence-electron chi connectivity index (χ0n) is 9.08. The van der Waals surface area contributed by atoms with Gasteiger partial charge in [0.2, 0.25) is 0 Å². The van der Waals surface area contributed by atoms with Gasteiger partial charge in [-0.15, -0.1) is 11.6 Å². The Hall–Kier alpha value is -0.730. The maximum atomic E-state index is 11.1. The van der Waals surface area contributed by atoms with Crippen LogP contribution < -0.4 is 0 Å². The molecule has 1 unspecified atom stereocenters. The predicted octanol–water partition coefficient (Wildman–Crippen LogP) is 3.96. The molecule has 0 bridgehead atoms. The van der Waals surface area contributed by atoms with Crippen molar-refractivity contribution in [1.82, 2.24) is 0 Å². The van der Waals surface area contributed by atoms with Crippen molar-refractivity contribution in [2.75, 3.05) is 6.61 Å². The summed E-state index contributed by atoms with van der Waals surface area (Å²) >= 11 is 11.9. The van der Waals surface area contributed by atoms with Gasteiger partial charge >= 0.3 is 5.97 Å². The van der Waals surface area contributed by atoms with Crippen LogP contribution in [0, 0.1) is 0 Å². The van der Waals surface area contributed by atoms with Crippen molar-refractivity contribution in [3.05, 3.63) is 34.9 Å². The number of alkyl halides is 1. The summed E-state index contributed by atoms with van der Waals surface area (Å²) in [4.78, 5) is 11.1. The van der Waals surface area contributed by atoms with Gasteiger partial charge in [-0.2, -0.15) is 0 Å². The Labute approximate surface area is 106 Å². The summed E-state index contributed by atoms with van der Waals surface area (Å²) < 4.78 is 4.83. The average Bonchev–Trinajstić information content (AvgIpc) is 2.27. The molecule has 1 aromatic carbocycles. The Morgan fingerprint density at radius 3 is 2.56 bits per heavy atom. The number of ether oxygens (including phenoxy) is 1. The quantitative estimate of drug-likeness (QED) is 0.592. The second-order valence-electron chi connectivity index (χ2n) is 3.36. The number of hydrogen-bond donors (Lipinski definition) is 0. The molecule has 1 aromatic rings. The summed E-state index contributed by atoms with van der Waals surface area (Å²) in [6, 6.07) is 7.31. The lowest BCUT2D eigenvalue weighted by Gasteiger charge is -2.09. The van der Waals surface area contributed by atoms with Gasteiger partial charge in [-0.05, 0) is 31.0 Å². The highest BCUT2D eigenvalue weighted by Gasteiger charge is 2.11. The third kappa shape index (κ3) is 4.42. The first-order chi connectivity index (χ1) is 7.63. The molecule has 0 spiro atoms. The molecule has 2 nitrogen and oxygen atoms in total. The SMILES string of the molecule is CCOC(=O)CCC(Cl)c1ccc(Cl)cc1. The van der Waals surface area contributed by atoms with E-state index in [2.05, 4.69) is 0 Å². The number of benzene rings is 1. The van der Waals surface area contributed by atoms with Crippen LogP contribution in [0.1, 0.15) is 30.7 Å². The van der Waals surface area contributed by atoms with E-state index in [0.717, 1.165) is 5.56 Å². The summed E-state index contributed by atoms with van der Waals surface area (Å²) in [6.45, 7) is 2.20. The highest BCUT2D eigenvalue weighted by molar-refractivity contribution is 6.30. The van der Waals surface area contributed by atoms with Crippen LogP contribution in [0.15, 0.2) is 24.3 Å². The molecule has 0 aromatic heterocycles. The third-order valence-electron chi connectivity index (χ3n) is 2.14. The zero-order chi connectivity index (χ0) is 12.0. The smallest absolute Gasteiger partial charge is 0.305 e. The zero-order valence-corrected chi connectivity index (χ0v) is 10.6. The molecule has 0 amide bonds. The van der Waals surface area contributed by atoms with Crippen LogP contribution in [0.25, 0.3) is 0 Å². The largest absolute Gasteiger partial charge is 0.466 e. The molecule has 16 heavy (non-hydrogen) atoms. The van der Waals surface area contributed by atoms with Crippen LogP contribution in [0.4, 0.5) is 0 Å². The number of esters is 1. The molecule has 1 rings (SSSR count). The van der Waals surface area contributed by atoms with Gasteiger partial charge in [0.1, 0.15) is 0 Å². The average molecular weight is 261 g/mol. The molecule has 0 aliphatic heterocycles. The monoisotopic (exact) mass is 260 g/mol. The summed E-state index contributed by atoms with van der Waals surface area (Å²) in [5.74, 6) is -0.206. The van der Waals surface area contributed by atoms with E-state index in [1.165, 1.54) is 0 Å². The van der Waals surface area contributed by atoms with Crippen LogP contribution in [0.3, 0.4) is 0 Å². The lowest BCUT2D eigenvalue weighted by Crippen LogP contribution is -2.05. The Morgan fingerprint density at radius 2 is 2.00 bits per heavy atom. The van der Waals surface area contributed by atoms with Crippen LogP contribution in [-0.2, 0) is 9.53 Å². The molecule has 0 heterocycles. The van der Waals surface area contributed by atoms with Crippen molar-refractivity contribution in [2.45, 2.75) is 25.1 Å². The second kappa shape index (κ2) is 6.77. The topological polar surface area (TPSA) is 26.3 Å². The first-order valence-corrected chi connectivity index (χ1v) is 6.00. The van der Waals surface area contributed by atoms with Gasteiger partial charge in [-0.25, -0.2) is 0 Å². The molecule has 1 atom stereocenters. The third-order valence-corrected chi connectivity index (χ3v) is 2.86. The summed E-state index contributed by atoms with van der Waals surface area (Å²) in [5, 5.41) is 0.500. The molecule has 0 N–H and O–H groups in total. The van der Waals surface area contributed by atoms with Gasteiger partial charge in [0.15, 0.2) is 0 Å². The molecule has 0 saturated carbocycles. The Morgan fingerprint density at radius 1 is 1.38 bits per heavy atom. The van der Waals surface area contributed by atoms with Gasteiger partial charge in [-0.3, -0.25) is 4.79 Å². The standard InChI is InChI=1S/C12H14Cl2O2/c1-2-16-12(15)8-7-11(14)9-3-5-10(13)6-4-9/h3-6,11H,2,7-8H2,1H3. The lowest BCUT2D eigenvalue weighted by molar-refractivity contribution is -0.143. The van der Waals surface area contributed by atoms with Gasteiger partial charge in [0.05, 0.1) is 12.0 Å². The van der Waals surface area contributed by atoms with E-state index in [0.29, 0.717) is 24.5 Å². The van der Waals surface area contributed by atoms with Crippen molar-refractivity contribution in [1.29, 1.82) is 0 Å². The minimum atomic E-state index is -0.206. The van der Waals surface area contributed by atoms with E-state index in [9.17, 15) is 4.79 Å². The summed E-state index contributed by atoms with van der Waals surface area (Å²) in [5.41, 5.74) is 0.968. The van der Waals surface area contributed by atoms with E-state index in [-0.39, 0.29) is 11.3 Å². The van der Waals surface area contributed by atoms with Crippen LogP contribution in [0.5, 0.6) is 0 Å². The van der Waals surface area contributed by atoms with Crippen molar-refractivity contribution in [3.63, 3.8) is 0 Å². The summed E-state index contributed by atoms with van der Waals surface area (Å²) in [7, 11) is 0. The van der Waals surface area contributed by atoms with Crippen molar-refractivity contribution >= 4 is 29.2 Å². The fraction of sp³-hybridized carbons (Fsp3) is 0.417. The fourth-order valence-electron chi connectivity index (χ4n) is 1.32. The normalized spacial score (nSPS) is 12.2. The minimum Gasteiger partial charge on any atom is -0.466 e. The lowest BCUT2D eigenvalue weighted by atomic mass is 10.1. The van der Waals surface area contributed by atoms with Crippen LogP contribution >= 0.6 is 23.2 Å². The Kier molecular flexibility index (Phi) is 5.64. The van der Waals surface area contributed by atoms with Gasteiger partial charge in [-0.1, -0.05) is 23.7 Å². The highest BCUT2D eigenvalue weighted by atomic mass is 35.5. The Balaban J connectivity index is 2.43. The Bertz CT molecular complexity index is 335. The van der Waals surface area contributed by atoms with Gasteiger partial charge in [0.25, 0.3) is 0 Å². The van der Waals surface area contributed by atoms with E-state index in [1.807, 2.05) is 12.1 Å². The van der Waals surface area contributed by atoms with Crippen LogP contribution in [0.2, 0.25) is 5.02 Å². The molecule has 88 valence electrons. The maximum absolute atomic E-state index is 11.1. The highest BCUT2D eigenvalue weighted by Crippen LogP contribution is 2.26. The van der Waals surface area contributed by atoms with E-state index in [1.54, 1.807) is 19.1 Å². The van der Waals surface area contributed by atoms with Crippen LogP contribution in [-0.4, -0.2) is 12.6 Å². The number of carbonyl (C=O) groups excluding carboxylic acids is 1. The number of halogens is 2. The molecule has 0 aliphatic rings. The van der Waals surface area contributed by atoms with E-state index in [4.69, 9.17) is 27.9 Å². The van der Waals surface area contributed by atoms with Gasteiger partial charge < -0.3 is 4.74 Å². The maximum Gasteiger partial charge on any atom is 0.305 e. The first kappa shape index (κ1) is 13.3. The fourth-order valence-corrected chi connectivity index (χ4v) is 1.70. The van der Waals surface area contributed by atoms with Crippen molar-refractivity contribution in [2.24, 2.45) is 0 Å². The van der Waals surface area contributed by atoms with E-state index >= 15 is 0 Å². The molecule has 4 heteroatoms. The summed E-state index contributed by atoms with van der Waals surface area (Å²) in [6.07, 6.45) is 0.909. The van der Waals surface area contributed by atoms with Gasteiger partial charge in [0, 0.05) is 11.4 Å². The second-order valence-corrected chi connectivity index (χ2v) is 4.33. The predicted molar refractivity (Wildman–Crippen MR) is 65.9 cm³/mol. The van der Waals surface area contributed by atoms with E-state index < -0.39 is 0 Å². The molecule has 0 saturated heterocycles. The number of carbonyl (C=O) groups is 1. The molecule has 0 aliphatic carbocycles. The number of rotatable bonds is 5. The molecule has 0 fully saturated rings. The molecular formula is C12H14Cl2O2. The van der Waals surface area contributed by atoms with Crippen molar-refractivity contribution in [3.8, 4) is 0 Å². The number of hydrogen-bond acceptors (Lipinski definition) is 2. The molecule has 0 radical (unpaired) electrons. The minimum absolute atomic E-state index is 0.179. The first-order valence-electron chi connectivity index (χ1n) is 5.18. The van der Waals surface area contributed by atoms with Crippen molar-refractivity contribution < 1.29 is 9.53 Å². The molecular weight excluding hydrogens is 247 g/mol.